The molecule has 29 heavy (non-hydrogen) atoms. The number of hydrogen-bond acceptors (Lipinski definition) is 2. The van der Waals surface area contributed by atoms with Gasteiger partial charge in [0.15, 0.2) is 0 Å². The van der Waals surface area contributed by atoms with Crippen molar-refractivity contribution in [3.8, 4) is 0 Å². The van der Waals surface area contributed by atoms with Crippen molar-refractivity contribution in [3.63, 3.8) is 0 Å². The Morgan fingerprint density at radius 2 is 1.55 bits per heavy atom. The van der Waals surface area contributed by atoms with E-state index in [1.54, 1.807) is 11.8 Å². The van der Waals surface area contributed by atoms with E-state index in [-0.39, 0.29) is 0 Å². The summed E-state index contributed by atoms with van der Waals surface area (Å²) >= 11 is 7.80. The molecule has 142 valence electrons. The quantitative estimate of drug-likeness (QED) is 0.283. The summed E-state index contributed by atoms with van der Waals surface area (Å²) in [6.45, 7) is 0.804. The highest BCUT2D eigenvalue weighted by Gasteiger charge is 2.12. The van der Waals surface area contributed by atoms with Crippen LogP contribution in [0.2, 0.25) is 5.02 Å². The fourth-order valence-corrected chi connectivity index (χ4v) is 4.66. The molecular weight excluding hydrogens is 396 g/mol. The maximum Gasteiger partial charge on any atom is 0.120 e. The van der Waals surface area contributed by atoms with E-state index in [4.69, 9.17) is 16.6 Å². The minimum atomic E-state index is 0.762. The Labute approximate surface area is 179 Å². The van der Waals surface area contributed by atoms with Gasteiger partial charge in [-0.05, 0) is 52.7 Å². The summed E-state index contributed by atoms with van der Waals surface area (Å²) in [5, 5.41) is 3.33. The summed E-state index contributed by atoms with van der Waals surface area (Å²) in [7, 11) is 0. The first kappa shape index (κ1) is 18.3. The van der Waals surface area contributed by atoms with Crippen LogP contribution in [0.15, 0.2) is 95.9 Å². The van der Waals surface area contributed by atoms with Crippen molar-refractivity contribution in [2.24, 2.45) is 0 Å². The number of halogens is 1. The molecule has 0 radical (unpaired) electrons. The molecule has 0 atom stereocenters. The second-order valence-corrected chi connectivity index (χ2v) is 8.47. The van der Waals surface area contributed by atoms with Gasteiger partial charge in [0.2, 0.25) is 0 Å². The van der Waals surface area contributed by atoms with E-state index in [1.165, 1.54) is 26.7 Å². The third-order valence-corrected chi connectivity index (χ3v) is 6.38. The smallest absolute Gasteiger partial charge is 0.120 e. The molecular formula is C25H19ClN2S. The van der Waals surface area contributed by atoms with Gasteiger partial charge >= 0.3 is 0 Å². The highest BCUT2D eigenvalue weighted by molar-refractivity contribution is 7.98. The number of thioether (sulfide) groups is 1. The van der Waals surface area contributed by atoms with Crippen LogP contribution in [0.3, 0.4) is 0 Å². The summed E-state index contributed by atoms with van der Waals surface area (Å²) in [6.07, 6.45) is 0. The predicted molar refractivity (Wildman–Crippen MR) is 124 cm³/mol. The standard InChI is InChI=1S/C25H19ClN2S/c26-20-12-14-21(15-13-20)29-17-25-27-23-10-3-4-11-24(23)28(25)16-19-8-5-7-18-6-1-2-9-22(18)19/h1-15H,16-17H2. The van der Waals surface area contributed by atoms with E-state index in [2.05, 4.69) is 77.4 Å². The molecule has 0 spiro atoms. The van der Waals surface area contributed by atoms with Crippen LogP contribution in [0.4, 0.5) is 0 Å². The molecule has 0 aliphatic rings. The lowest BCUT2D eigenvalue weighted by atomic mass is 10.0. The molecule has 4 aromatic carbocycles. The first-order chi connectivity index (χ1) is 14.3. The van der Waals surface area contributed by atoms with Gasteiger partial charge in [0.05, 0.1) is 16.8 Å². The number of imidazole rings is 1. The second kappa shape index (κ2) is 7.94. The normalized spacial score (nSPS) is 11.3. The average molecular weight is 415 g/mol. The Morgan fingerprint density at radius 3 is 2.45 bits per heavy atom. The summed E-state index contributed by atoms with van der Waals surface area (Å²) in [4.78, 5) is 6.13. The molecule has 2 nitrogen and oxygen atoms in total. The van der Waals surface area contributed by atoms with Crippen LogP contribution in [0.25, 0.3) is 21.8 Å². The molecule has 0 bridgehead atoms. The summed E-state index contributed by atoms with van der Waals surface area (Å²) < 4.78 is 2.35. The SMILES string of the molecule is Clc1ccc(SCc2nc3ccccc3n2Cc2cccc3ccccc23)cc1. The molecule has 1 heterocycles. The van der Waals surface area contributed by atoms with Crippen LogP contribution in [0.1, 0.15) is 11.4 Å². The molecule has 1 aromatic heterocycles. The van der Waals surface area contributed by atoms with E-state index < -0.39 is 0 Å². The van der Waals surface area contributed by atoms with Gasteiger partial charge in [-0.1, -0.05) is 66.2 Å². The largest absolute Gasteiger partial charge is 0.323 e. The average Bonchev–Trinajstić information content (AvgIpc) is 3.11. The van der Waals surface area contributed by atoms with E-state index in [1.807, 2.05) is 18.2 Å². The molecule has 5 rings (SSSR count). The Balaban J connectivity index is 1.53. The molecule has 4 heteroatoms. The molecule has 0 aliphatic heterocycles. The van der Waals surface area contributed by atoms with Gasteiger partial charge in [0.25, 0.3) is 0 Å². The van der Waals surface area contributed by atoms with E-state index in [0.717, 1.165) is 28.7 Å². The molecule has 0 N–H and O–H groups in total. The number of benzene rings is 4. The Bertz CT molecular complexity index is 1290. The zero-order chi connectivity index (χ0) is 19.6. The number of para-hydroxylation sites is 2. The number of nitrogens with zero attached hydrogens (tertiary/aromatic N) is 2. The molecule has 0 fully saturated rings. The zero-order valence-electron chi connectivity index (χ0n) is 15.8. The van der Waals surface area contributed by atoms with Crippen molar-refractivity contribution < 1.29 is 0 Å². The monoisotopic (exact) mass is 414 g/mol. The van der Waals surface area contributed by atoms with Crippen LogP contribution in [-0.2, 0) is 12.3 Å². The van der Waals surface area contributed by atoms with Crippen LogP contribution in [-0.4, -0.2) is 9.55 Å². The van der Waals surface area contributed by atoms with E-state index in [0.29, 0.717) is 0 Å². The van der Waals surface area contributed by atoms with Crippen molar-refractivity contribution in [3.05, 3.63) is 107 Å². The number of hydrogen-bond donors (Lipinski definition) is 0. The number of aromatic nitrogens is 2. The third kappa shape index (κ3) is 3.76. The highest BCUT2D eigenvalue weighted by Crippen LogP contribution is 2.28. The maximum atomic E-state index is 6.02. The van der Waals surface area contributed by atoms with Crippen molar-refractivity contribution in [1.82, 2.24) is 9.55 Å². The van der Waals surface area contributed by atoms with Gasteiger partial charge in [-0.2, -0.15) is 0 Å². The van der Waals surface area contributed by atoms with E-state index >= 15 is 0 Å². The van der Waals surface area contributed by atoms with Crippen molar-refractivity contribution in [2.75, 3.05) is 0 Å². The van der Waals surface area contributed by atoms with Gasteiger partial charge in [-0.3, -0.25) is 0 Å². The zero-order valence-corrected chi connectivity index (χ0v) is 17.3. The van der Waals surface area contributed by atoms with Crippen LogP contribution in [0, 0.1) is 0 Å². The lowest BCUT2D eigenvalue weighted by Crippen LogP contribution is -2.05. The predicted octanol–water partition coefficient (Wildman–Crippen LogP) is 7.18. The molecule has 0 saturated carbocycles. The molecule has 5 aromatic rings. The minimum Gasteiger partial charge on any atom is -0.323 e. The first-order valence-corrected chi connectivity index (χ1v) is 10.9. The van der Waals surface area contributed by atoms with Gasteiger partial charge in [0, 0.05) is 16.5 Å². The lowest BCUT2D eigenvalue weighted by Gasteiger charge is -2.12. The maximum absolute atomic E-state index is 6.02. The Kier molecular flexibility index (Phi) is 5.01. The van der Waals surface area contributed by atoms with Gasteiger partial charge in [0.1, 0.15) is 5.82 Å². The third-order valence-electron chi connectivity index (χ3n) is 5.12. The lowest BCUT2D eigenvalue weighted by molar-refractivity contribution is 0.785. The molecule has 0 aliphatic carbocycles. The Morgan fingerprint density at radius 1 is 0.793 bits per heavy atom. The highest BCUT2D eigenvalue weighted by atomic mass is 35.5. The molecule has 0 saturated heterocycles. The summed E-state index contributed by atoms with van der Waals surface area (Å²) in [5.41, 5.74) is 3.52. The topological polar surface area (TPSA) is 17.8 Å². The molecule has 0 unspecified atom stereocenters. The van der Waals surface area contributed by atoms with Crippen molar-refractivity contribution in [1.29, 1.82) is 0 Å². The van der Waals surface area contributed by atoms with Crippen molar-refractivity contribution in [2.45, 2.75) is 17.2 Å². The van der Waals surface area contributed by atoms with E-state index in [9.17, 15) is 0 Å². The van der Waals surface area contributed by atoms with Gasteiger partial charge < -0.3 is 4.57 Å². The summed E-state index contributed by atoms with van der Waals surface area (Å²) in [5.74, 6) is 1.89. The van der Waals surface area contributed by atoms with Crippen LogP contribution < -0.4 is 0 Å². The number of fused-ring (bicyclic) bond motifs is 2. The van der Waals surface area contributed by atoms with Gasteiger partial charge in [-0.15, -0.1) is 11.8 Å². The van der Waals surface area contributed by atoms with Crippen LogP contribution >= 0.6 is 23.4 Å². The number of rotatable bonds is 5. The van der Waals surface area contributed by atoms with Gasteiger partial charge in [-0.25, -0.2) is 4.98 Å². The summed E-state index contributed by atoms with van der Waals surface area (Å²) in [6, 6.07) is 31.5. The minimum absolute atomic E-state index is 0.762. The van der Waals surface area contributed by atoms with Crippen molar-refractivity contribution >= 4 is 45.2 Å². The fraction of sp³-hybridized carbons (Fsp3) is 0.0800. The second-order valence-electron chi connectivity index (χ2n) is 6.98. The molecule has 0 amide bonds. The fourth-order valence-electron chi connectivity index (χ4n) is 3.69. The first-order valence-electron chi connectivity index (χ1n) is 9.57. The Hall–Kier alpha value is -2.75. The van der Waals surface area contributed by atoms with Crippen LogP contribution in [0.5, 0.6) is 0 Å².